The Balaban J connectivity index is -0.000000259. The van der Waals surface area contributed by atoms with Crippen LogP contribution in [0.5, 0.6) is 0 Å². The van der Waals surface area contributed by atoms with Crippen molar-refractivity contribution in [2.75, 3.05) is 121 Å². The van der Waals surface area contributed by atoms with Crippen molar-refractivity contribution >= 4 is 35.4 Å². The molecule has 0 aliphatic carbocycles. The van der Waals surface area contributed by atoms with Gasteiger partial charge < -0.3 is 54.2 Å². The molecule has 17 nitrogen and oxygen atoms in total. The number of rotatable bonds is 50. The lowest BCUT2D eigenvalue weighted by atomic mass is 10.0. The lowest BCUT2D eigenvalue weighted by molar-refractivity contribution is -0.131. The van der Waals surface area contributed by atoms with Gasteiger partial charge in [-0.15, -0.1) is 0 Å². The number of nitrogens with one attached hydrogen (secondary N) is 2. The predicted octanol–water partition coefficient (Wildman–Crippen LogP) is 17.0. The Morgan fingerprint density at radius 3 is 0.796 bits per heavy atom. The molecule has 0 unspecified atom stereocenters. The van der Waals surface area contributed by atoms with Crippen molar-refractivity contribution in [3.63, 3.8) is 0 Å². The maximum absolute atomic E-state index is 11.7. The van der Waals surface area contributed by atoms with Gasteiger partial charge in [0.25, 0.3) is 0 Å². The Hall–Kier alpha value is -3.38. The molecular formula is C81H170N8O9. The molecule has 0 saturated carbocycles. The van der Waals surface area contributed by atoms with Gasteiger partial charge in [0, 0.05) is 159 Å². The zero-order valence-electron chi connectivity index (χ0n) is 70.6. The molecule has 0 radical (unpaired) electrons. The number of nitrogens with zero attached hydrogens (tertiary/aromatic N) is 6. The van der Waals surface area contributed by atoms with Gasteiger partial charge in [-0.2, -0.15) is 0 Å². The maximum atomic E-state index is 11.7. The summed E-state index contributed by atoms with van der Waals surface area (Å²) in [6, 6.07) is 1.07. The van der Waals surface area contributed by atoms with E-state index in [0.29, 0.717) is 104 Å². The summed E-state index contributed by atoms with van der Waals surface area (Å²) in [5, 5.41) is 6.70. The molecule has 17 heteroatoms. The minimum absolute atomic E-state index is 0.219. The Morgan fingerprint density at radius 2 is 0.510 bits per heavy atom. The van der Waals surface area contributed by atoms with E-state index in [2.05, 4.69) is 149 Å². The molecule has 0 spiro atoms. The van der Waals surface area contributed by atoms with Crippen LogP contribution >= 0.6 is 0 Å². The molecule has 0 fully saturated rings. The highest BCUT2D eigenvalue weighted by Crippen LogP contribution is 2.13. The van der Waals surface area contributed by atoms with Crippen molar-refractivity contribution in [2.45, 2.75) is 325 Å². The van der Waals surface area contributed by atoms with Crippen molar-refractivity contribution in [3.8, 4) is 0 Å². The number of ether oxygens (including phenoxy) is 3. The van der Waals surface area contributed by atoms with Gasteiger partial charge >= 0.3 is 0 Å². The predicted molar refractivity (Wildman–Crippen MR) is 421 cm³/mol. The second-order valence-electron chi connectivity index (χ2n) is 32.2. The van der Waals surface area contributed by atoms with E-state index in [1.165, 1.54) is 32.1 Å². The highest BCUT2D eigenvalue weighted by molar-refractivity contribution is 5.77. The third kappa shape index (κ3) is 86.8. The van der Waals surface area contributed by atoms with Crippen LogP contribution in [0.2, 0.25) is 0 Å². The number of amides is 6. The lowest BCUT2D eigenvalue weighted by Gasteiger charge is -2.19. The summed E-state index contributed by atoms with van der Waals surface area (Å²) in [6.07, 6.45) is 20.8. The molecule has 98 heavy (non-hydrogen) atoms. The zero-order chi connectivity index (χ0) is 76.7. The summed E-state index contributed by atoms with van der Waals surface area (Å²) in [4.78, 5) is 81.2. The van der Waals surface area contributed by atoms with Crippen LogP contribution in [0.4, 0.5) is 0 Å². The van der Waals surface area contributed by atoms with Gasteiger partial charge in [-0.1, -0.05) is 177 Å². The molecule has 0 aromatic heterocycles. The number of hydrogen-bond donors (Lipinski definition) is 2. The van der Waals surface area contributed by atoms with E-state index in [1.807, 2.05) is 94.5 Å². The molecule has 0 rings (SSSR count). The van der Waals surface area contributed by atoms with Crippen LogP contribution < -0.4 is 10.6 Å². The first kappa shape index (κ1) is 106. The standard InChI is InChI=1S/C15H31NO.C14H30N2O.2C14H29NO2.C12H26N2O.C12H25NO2/c1-13(2)10-8-6-7-9-11-15(17)16(5)12-14(3)4;1-12(2)11-16(5)14(17)9-7-6-8-10-15-13(3)4;1-12(2)10-15(5)14(16)8-6-7-9-17-11-13(3)4;1-12(2)11-15(5)14(16)9-7-6-8-10-17-13(3)4;1-10(2)9-14(5)12(15)7-6-8-13-11(3)4;1-10(2)9-13(5)12(14)7-6-8-15-11(3)4/h13-14H,6-12H2,1-5H3;12-13,15H,6-11H2,1-5H3;2*12-13H,6-11H2,1-5H3;10-11,13H,6-9H2,1-5H3;10-11H,6-9H2,1-5H3. The van der Waals surface area contributed by atoms with Crippen molar-refractivity contribution in [1.82, 2.24) is 40.0 Å². The van der Waals surface area contributed by atoms with E-state index in [4.69, 9.17) is 14.2 Å². The van der Waals surface area contributed by atoms with Crippen molar-refractivity contribution in [2.24, 2.45) is 47.3 Å². The van der Waals surface area contributed by atoms with Gasteiger partial charge in [-0.05, 0) is 146 Å². The first-order valence-corrected chi connectivity index (χ1v) is 39.3. The zero-order valence-corrected chi connectivity index (χ0v) is 70.6. The summed E-state index contributed by atoms with van der Waals surface area (Å²) in [6.45, 7) is 61.3. The number of carbonyl (C=O) groups excluding carboxylic acids is 6. The Labute approximate surface area is 609 Å². The number of unbranched alkanes of at least 4 members (excludes halogenated alkanes) is 8. The molecule has 0 aliphatic heterocycles. The van der Waals surface area contributed by atoms with Crippen molar-refractivity contribution < 1.29 is 43.0 Å². The highest BCUT2D eigenvalue weighted by Gasteiger charge is 2.15. The van der Waals surface area contributed by atoms with Gasteiger partial charge in [0.1, 0.15) is 0 Å². The Bertz CT molecular complexity index is 1610. The normalized spacial score (nSPS) is 11.2. The molecule has 0 atom stereocenters. The van der Waals surface area contributed by atoms with Crippen LogP contribution in [-0.4, -0.2) is 210 Å². The van der Waals surface area contributed by atoms with Gasteiger partial charge in [-0.3, -0.25) is 28.8 Å². The van der Waals surface area contributed by atoms with E-state index in [9.17, 15) is 28.8 Å². The smallest absolute Gasteiger partial charge is 0.222 e. The molecule has 0 aliphatic rings. The average molecular weight is 1400 g/mol. The Morgan fingerprint density at radius 1 is 0.265 bits per heavy atom. The largest absolute Gasteiger partial charge is 0.381 e. The van der Waals surface area contributed by atoms with Gasteiger partial charge in [0.05, 0.1) is 12.2 Å². The van der Waals surface area contributed by atoms with Gasteiger partial charge in [0.15, 0.2) is 0 Å². The van der Waals surface area contributed by atoms with Gasteiger partial charge in [0.2, 0.25) is 35.4 Å². The van der Waals surface area contributed by atoms with Crippen LogP contribution in [0.25, 0.3) is 0 Å². The summed E-state index contributed by atoms with van der Waals surface area (Å²) >= 11 is 0. The molecule has 588 valence electrons. The SMILES string of the molecule is CC(C)CCCCCCC(=O)N(C)CC(C)C.CC(C)CN(C)C(=O)CCCCCNC(C)C.CC(C)CN(C)C(=O)CCCCCOC(C)C.CC(C)CN(C)C(=O)CCCNC(C)C.CC(C)CN(C)C(=O)CCCOC(C)C.CC(C)COCCCCC(=O)N(C)CC(C)C. The van der Waals surface area contributed by atoms with Gasteiger partial charge in [-0.25, -0.2) is 0 Å². The molecular weight excluding hydrogens is 1230 g/mol. The average Bonchev–Trinajstić information content (AvgIpc) is 1.26. The monoisotopic (exact) mass is 1400 g/mol. The van der Waals surface area contributed by atoms with Crippen LogP contribution in [0, 0.1) is 47.3 Å². The molecule has 0 saturated heterocycles. The third-order valence-electron chi connectivity index (χ3n) is 14.9. The van der Waals surface area contributed by atoms with E-state index in [1.54, 1.807) is 4.90 Å². The highest BCUT2D eigenvalue weighted by atomic mass is 16.5. The topological polar surface area (TPSA) is 174 Å². The van der Waals surface area contributed by atoms with E-state index < -0.39 is 0 Å². The van der Waals surface area contributed by atoms with Crippen molar-refractivity contribution in [3.05, 3.63) is 0 Å². The Kier molecular flexibility index (Phi) is 76.1. The molecule has 0 aromatic carbocycles. The van der Waals surface area contributed by atoms with E-state index in [0.717, 1.165) is 149 Å². The first-order chi connectivity index (χ1) is 45.6. The molecule has 6 amide bonds. The fraction of sp³-hybridized carbons (Fsp3) is 0.926. The van der Waals surface area contributed by atoms with Crippen molar-refractivity contribution in [1.29, 1.82) is 0 Å². The second-order valence-corrected chi connectivity index (χ2v) is 32.2. The van der Waals surface area contributed by atoms with Crippen LogP contribution in [0.15, 0.2) is 0 Å². The number of hydrogen-bond acceptors (Lipinski definition) is 11. The maximum Gasteiger partial charge on any atom is 0.222 e. The summed E-state index contributed by atoms with van der Waals surface area (Å²) < 4.78 is 16.3. The quantitative estimate of drug-likeness (QED) is 0.0555. The van der Waals surface area contributed by atoms with Crippen LogP contribution in [0.1, 0.15) is 301 Å². The lowest BCUT2D eigenvalue weighted by Crippen LogP contribution is -2.31. The number of carbonyl (C=O) groups is 6. The summed E-state index contributed by atoms with van der Waals surface area (Å²) in [7, 11) is 11.4. The minimum Gasteiger partial charge on any atom is -0.381 e. The first-order valence-electron chi connectivity index (χ1n) is 39.3. The fourth-order valence-corrected chi connectivity index (χ4v) is 10.0. The van der Waals surface area contributed by atoms with E-state index in [-0.39, 0.29) is 35.6 Å². The molecule has 0 aromatic rings. The minimum atomic E-state index is 0.219. The molecule has 2 N–H and O–H groups in total. The fourth-order valence-electron chi connectivity index (χ4n) is 10.0. The molecule has 0 bridgehead atoms. The second kappa shape index (κ2) is 70.6. The van der Waals surface area contributed by atoms with Crippen LogP contribution in [0.3, 0.4) is 0 Å². The summed E-state index contributed by atoms with van der Waals surface area (Å²) in [5.74, 6) is 6.28. The van der Waals surface area contributed by atoms with Crippen LogP contribution in [-0.2, 0) is 43.0 Å². The summed E-state index contributed by atoms with van der Waals surface area (Å²) in [5.41, 5.74) is 0. The third-order valence-corrected chi connectivity index (χ3v) is 14.9. The van der Waals surface area contributed by atoms with E-state index >= 15 is 0 Å². The molecule has 0 heterocycles.